The molecule has 0 radical (unpaired) electrons. The summed E-state index contributed by atoms with van der Waals surface area (Å²) in [6.07, 6.45) is 1.00. The van der Waals surface area contributed by atoms with Crippen LogP contribution in [0.1, 0.15) is 27.3 Å². The Morgan fingerprint density at radius 1 is 1.05 bits per heavy atom. The topological polar surface area (TPSA) is 59.4 Å². The van der Waals surface area contributed by atoms with Crippen molar-refractivity contribution >= 4 is 23.0 Å². The van der Waals surface area contributed by atoms with E-state index >= 15 is 0 Å². The first-order valence-corrected chi connectivity index (χ1v) is 6.23. The summed E-state index contributed by atoms with van der Waals surface area (Å²) in [4.78, 5) is 31.6. The maximum absolute atomic E-state index is 13.6. The number of fused-ring (bicyclic) bond motifs is 1. The molecule has 0 saturated carbocycles. The number of Topliss-reactive ketones (excluding diaryl/α,β-unsaturated/α-hetero) is 2. The average Bonchev–Trinajstić information content (AvgIpc) is 2.53. The van der Waals surface area contributed by atoms with Crippen LogP contribution in [0, 0.1) is 17.5 Å². The Labute approximate surface area is 122 Å². The van der Waals surface area contributed by atoms with E-state index in [4.69, 9.17) is 0 Å². The molecule has 2 aromatic rings. The van der Waals surface area contributed by atoms with Crippen LogP contribution in [0.3, 0.4) is 0 Å². The van der Waals surface area contributed by atoms with Gasteiger partial charge in [0.25, 0.3) is 0 Å². The Balaban J connectivity index is 2.09. The second-order valence-corrected chi connectivity index (χ2v) is 4.58. The minimum atomic E-state index is -1.68. The molecule has 1 aromatic carbocycles. The fourth-order valence-electron chi connectivity index (χ4n) is 2.12. The minimum Gasteiger partial charge on any atom is -0.292 e. The molecule has 22 heavy (non-hydrogen) atoms. The third kappa shape index (κ3) is 2.20. The standard InChI is InChI=1S/C15H7F3N2O2/c16-8-3-4-9(13(18)12(8)17)20-10-6-11(21)14-7(15(10)22)2-1-5-19-14/h1-5H,6H2. The molecule has 0 aliphatic heterocycles. The normalized spacial score (nSPS) is 16.0. The van der Waals surface area contributed by atoms with Crippen molar-refractivity contribution in [3.63, 3.8) is 0 Å². The molecule has 0 N–H and O–H groups in total. The average molecular weight is 304 g/mol. The zero-order valence-corrected chi connectivity index (χ0v) is 10.9. The molecule has 0 spiro atoms. The van der Waals surface area contributed by atoms with E-state index in [1.807, 2.05) is 0 Å². The highest BCUT2D eigenvalue weighted by molar-refractivity contribution is 6.52. The monoisotopic (exact) mass is 304 g/mol. The van der Waals surface area contributed by atoms with E-state index in [1.54, 1.807) is 0 Å². The predicted octanol–water partition coefficient (Wildman–Crippen LogP) is 3.04. The van der Waals surface area contributed by atoms with Gasteiger partial charge in [0.15, 0.2) is 23.2 Å². The predicted molar refractivity (Wildman–Crippen MR) is 70.9 cm³/mol. The molecule has 0 fully saturated rings. The third-order valence-corrected chi connectivity index (χ3v) is 3.18. The van der Waals surface area contributed by atoms with Crippen molar-refractivity contribution in [3.05, 3.63) is 59.2 Å². The quantitative estimate of drug-likeness (QED) is 0.761. The van der Waals surface area contributed by atoms with E-state index in [9.17, 15) is 22.8 Å². The number of aromatic nitrogens is 1. The van der Waals surface area contributed by atoms with Crippen molar-refractivity contribution in [1.29, 1.82) is 0 Å². The Bertz CT molecular complexity index is 847. The van der Waals surface area contributed by atoms with Crippen molar-refractivity contribution in [2.45, 2.75) is 6.42 Å². The van der Waals surface area contributed by atoms with Crippen molar-refractivity contribution in [2.24, 2.45) is 4.99 Å². The van der Waals surface area contributed by atoms with Crippen LogP contribution in [0.25, 0.3) is 0 Å². The van der Waals surface area contributed by atoms with E-state index in [0.717, 1.165) is 6.07 Å². The molecule has 4 nitrogen and oxygen atoms in total. The number of benzene rings is 1. The van der Waals surface area contributed by atoms with Crippen LogP contribution < -0.4 is 0 Å². The zero-order chi connectivity index (χ0) is 15.9. The van der Waals surface area contributed by atoms with Gasteiger partial charge in [-0.2, -0.15) is 0 Å². The lowest BCUT2D eigenvalue weighted by molar-refractivity contribution is 0.0960. The number of hydrogen-bond acceptors (Lipinski definition) is 4. The lowest BCUT2D eigenvalue weighted by Gasteiger charge is -2.14. The fraction of sp³-hybridized carbons (Fsp3) is 0.0667. The number of halogens is 3. The Morgan fingerprint density at radius 2 is 1.82 bits per heavy atom. The summed E-state index contributed by atoms with van der Waals surface area (Å²) in [5.41, 5.74) is -0.699. The maximum Gasteiger partial charge on any atom is 0.209 e. The van der Waals surface area contributed by atoms with Crippen molar-refractivity contribution in [2.75, 3.05) is 0 Å². The molecule has 0 bridgehead atoms. The number of pyridine rings is 1. The van der Waals surface area contributed by atoms with Gasteiger partial charge in [-0.05, 0) is 24.3 Å². The highest BCUT2D eigenvalue weighted by Crippen LogP contribution is 2.25. The van der Waals surface area contributed by atoms with Crippen molar-refractivity contribution < 1.29 is 22.8 Å². The van der Waals surface area contributed by atoms with Gasteiger partial charge in [0, 0.05) is 6.20 Å². The van der Waals surface area contributed by atoms with Crippen molar-refractivity contribution in [1.82, 2.24) is 4.98 Å². The first kappa shape index (κ1) is 14.1. The Hall–Kier alpha value is -2.83. The summed E-state index contributed by atoms with van der Waals surface area (Å²) < 4.78 is 39.7. The van der Waals surface area contributed by atoms with Gasteiger partial charge in [-0.1, -0.05) is 0 Å². The zero-order valence-electron chi connectivity index (χ0n) is 10.9. The van der Waals surface area contributed by atoms with Gasteiger partial charge in [-0.25, -0.2) is 18.2 Å². The van der Waals surface area contributed by atoms with Crippen LogP contribution in [-0.4, -0.2) is 22.3 Å². The molecule has 7 heteroatoms. The van der Waals surface area contributed by atoms with E-state index in [0.29, 0.717) is 6.07 Å². The summed E-state index contributed by atoms with van der Waals surface area (Å²) in [6.45, 7) is 0. The van der Waals surface area contributed by atoms with Gasteiger partial charge >= 0.3 is 0 Å². The van der Waals surface area contributed by atoms with Gasteiger partial charge in [-0.3, -0.25) is 14.6 Å². The fourth-order valence-corrected chi connectivity index (χ4v) is 2.12. The lowest BCUT2D eigenvalue weighted by Crippen LogP contribution is -2.28. The number of carbonyl (C=O) groups excluding carboxylic acids is 2. The van der Waals surface area contributed by atoms with E-state index in [-0.39, 0.29) is 23.4 Å². The molecule has 3 rings (SSSR count). The van der Waals surface area contributed by atoms with Gasteiger partial charge in [0.1, 0.15) is 11.4 Å². The van der Waals surface area contributed by atoms with Crippen LogP contribution in [0.2, 0.25) is 0 Å². The molecule has 0 atom stereocenters. The second kappa shape index (κ2) is 5.18. The lowest BCUT2D eigenvalue weighted by atomic mass is 9.92. The molecule has 1 heterocycles. The van der Waals surface area contributed by atoms with Crippen LogP contribution in [0.4, 0.5) is 18.9 Å². The number of hydrogen-bond donors (Lipinski definition) is 0. The largest absolute Gasteiger partial charge is 0.292 e. The van der Waals surface area contributed by atoms with Gasteiger partial charge < -0.3 is 0 Å². The molecule has 1 aliphatic rings. The molecule has 110 valence electrons. The number of aliphatic imine (C=N–C) groups is 1. The Morgan fingerprint density at radius 3 is 2.59 bits per heavy atom. The SMILES string of the molecule is O=C1C(=Nc2ccc(F)c(F)c2F)CC(=O)c2ncccc21. The second-order valence-electron chi connectivity index (χ2n) is 4.58. The smallest absolute Gasteiger partial charge is 0.209 e. The highest BCUT2D eigenvalue weighted by atomic mass is 19.2. The van der Waals surface area contributed by atoms with Crippen LogP contribution >= 0.6 is 0 Å². The summed E-state index contributed by atoms with van der Waals surface area (Å²) >= 11 is 0. The van der Waals surface area contributed by atoms with E-state index in [1.165, 1.54) is 18.3 Å². The highest BCUT2D eigenvalue weighted by Gasteiger charge is 2.30. The van der Waals surface area contributed by atoms with Crippen LogP contribution in [-0.2, 0) is 0 Å². The first-order valence-electron chi connectivity index (χ1n) is 6.23. The number of rotatable bonds is 1. The summed E-state index contributed by atoms with van der Waals surface area (Å²) in [6, 6.07) is 4.48. The molecule has 0 unspecified atom stereocenters. The number of carbonyl (C=O) groups is 2. The molecular formula is C15H7F3N2O2. The van der Waals surface area contributed by atoms with Crippen LogP contribution in [0.15, 0.2) is 35.5 Å². The van der Waals surface area contributed by atoms with Crippen molar-refractivity contribution in [3.8, 4) is 0 Å². The Kier molecular flexibility index (Phi) is 3.32. The third-order valence-electron chi connectivity index (χ3n) is 3.18. The molecule has 1 aliphatic carbocycles. The summed E-state index contributed by atoms with van der Waals surface area (Å²) in [5.74, 6) is -5.59. The summed E-state index contributed by atoms with van der Waals surface area (Å²) in [7, 11) is 0. The van der Waals surface area contributed by atoms with E-state index in [2.05, 4.69) is 9.98 Å². The first-order chi connectivity index (χ1) is 10.5. The van der Waals surface area contributed by atoms with Crippen LogP contribution in [0.5, 0.6) is 0 Å². The molecule has 1 aromatic heterocycles. The van der Waals surface area contributed by atoms with Gasteiger partial charge in [0.2, 0.25) is 5.78 Å². The van der Waals surface area contributed by atoms with E-state index < -0.39 is 34.7 Å². The van der Waals surface area contributed by atoms with Gasteiger partial charge in [-0.15, -0.1) is 0 Å². The van der Waals surface area contributed by atoms with Gasteiger partial charge in [0.05, 0.1) is 17.7 Å². The molecule has 0 amide bonds. The molecule has 0 saturated heterocycles. The maximum atomic E-state index is 13.6. The summed E-state index contributed by atoms with van der Waals surface area (Å²) in [5, 5.41) is 0. The number of ketones is 2. The molecular weight excluding hydrogens is 297 g/mol. The number of nitrogens with zero attached hydrogens (tertiary/aromatic N) is 2. The minimum absolute atomic E-state index is 0.0252.